The number of nitrogens with one attached hydrogen (secondary N) is 2. The molecule has 1 rings (SSSR count). The van der Waals surface area contributed by atoms with Crippen LogP contribution in [0.4, 0.5) is 0 Å². The number of hydrogen-bond donors (Lipinski definition) is 3. The summed E-state index contributed by atoms with van der Waals surface area (Å²) in [6, 6.07) is 3.20. The van der Waals surface area contributed by atoms with Gasteiger partial charge in [-0.25, -0.2) is 0 Å². The second-order valence-electron chi connectivity index (χ2n) is 5.75. The lowest BCUT2D eigenvalue weighted by molar-refractivity contribution is -0.121. The van der Waals surface area contributed by atoms with Gasteiger partial charge in [0.1, 0.15) is 0 Å². The van der Waals surface area contributed by atoms with Gasteiger partial charge in [0.25, 0.3) is 5.91 Å². The molecule has 1 aromatic heterocycles. The van der Waals surface area contributed by atoms with Crippen LogP contribution in [-0.2, 0) is 4.79 Å². The van der Waals surface area contributed by atoms with Crippen molar-refractivity contribution in [2.45, 2.75) is 33.1 Å². The Kier molecular flexibility index (Phi) is 6.94. The Bertz CT molecular complexity index is 441. The topological polar surface area (TPSA) is 91.6 Å². The number of hydrogen-bond acceptors (Lipinski definition) is 4. The molecule has 0 fully saturated rings. The van der Waals surface area contributed by atoms with E-state index in [2.05, 4.69) is 10.6 Å². The number of aliphatic hydroxyl groups excluding tert-OH is 1. The molecular formula is C15H24N2O4. The summed E-state index contributed by atoms with van der Waals surface area (Å²) in [6.07, 6.45) is 3.22. The maximum Gasteiger partial charge on any atom is 0.286 e. The molecule has 2 amide bonds. The first kappa shape index (κ1) is 17.2. The molecule has 0 saturated heterocycles. The summed E-state index contributed by atoms with van der Waals surface area (Å²) >= 11 is 0. The van der Waals surface area contributed by atoms with Gasteiger partial charge in [-0.3, -0.25) is 9.59 Å². The monoisotopic (exact) mass is 296 g/mol. The average molecular weight is 296 g/mol. The van der Waals surface area contributed by atoms with Crippen LogP contribution in [0.5, 0.6) is 0 Å². The van der Waals surface area contributed by atoms with Crippen molar-refractivity contribution in [2.75, 3.05) is 19.7 Å². The van der Waals surface area contributed by atoms with Crippen LogP contribution < -0.4 is 10.6 Å². The molecule has 0 aromatic carbocycles. The highest BCUT2D eigenvalue weighted by molar-refractivity contribution is 5.91. The number of amides is 2. The van der Waals surface area contributed by atoms with Crippen molar-refractivity contribution in [1.82, 2.24) is 10.6 Å². The van der Waals surface area contributed by atoms with E-state index in [1.165, 1.54) is 6.26 Å². The summed E-state index contributed by atoms with van der Waals surface area (Å²) < 4.78 is 4.95. The number of rotatable bonds is 9. The van der Waals surface area contributed by atoms with E-state index in [0.29, 0.717) is 6.54 Å². The van der Waals surface area contributed by atoms with Gasteiger partial charge in [0, 0.05) is 26.1 Å². The summed E-state index contributed by atoms with van der Waals surface area (Å²) in [5.74, 6) is -0.191. The Morgan fingerprint density at radius 3 is 2.71 bits per heavy atom. The summed E-state index contributed by atoms with van der Waals surface area (Å²) in [7, 11) is 0. The standard InChI is InChI=1S/C15H24N2O4/c1-15(2,7-4-9-18)11-17-13(19)6-8-16-14(20)12-5-3-10-21-12/h3,5,10,18H,4,6-9,11H2,1-2H3,(H,16,20)(H,17,19). The summed E-state index contributed by atoms with van der Waals surface area (Å²) in [5.41, 5.74) is -0.0458. The van der Waals surface area contributed by atoms with Crippen molar-refractivity contribution in [3.63, 3.8) is 0 Å². The lowest BCUT2D eigenvalue weighted by Gasteiger charge is -2.24. The van der Waals surface area contributed by atoms with Crippen LogP contribution in [0, 0.1) is 5.41 Å². The van der Waals surface area contributed by atoms with Crippen molar-refractivity contribution in [2.24, 2.45) is 5.41 Å². The van der Waals surface area contributed by atoms with E-state index in [1.807, 2.05) is 13.8 Å². The zero-order valence-corrected chi connectivity index (χ0v) is 12.6. The first-order valence-corrected chi connectivity index (χ1v) is 7.14. The predicted molar refractivity (Wildman–Crippen MR) is 78.8 cm³/mol. The molecule has 0 aliphatic heterocycles. The fourth-order valence-corrected chi connectivity index (χ4v) is 1.86. The van der Waals surface area contributed by atoms with Crippen molar-refractivity contribution in [3.05, 3.63) is 24.2 Å². The van der Waals surface area contributed by atoms with E-state index in [4.69, 9.17) is 9.52 Å². The molecular weight excluding hydrogens is 272 g/mol. The molecule has 118 valence electrons. The zero-order valence-electron chi connectivity index (χ0n) is 12.6. The quantitative estimate of drug-likeness (QED) is 0.641. The van der Waals surface area contributed by atoms with Gasteiger partial charge in [-0.1, -0.05) is 13.8 Å². The van der Waals surface area contributed by atoms with E-state index < -0.39 is 0 Å². The third kappa shape index (κ3) is 6.94. The second-order valence-corrected chi connectivity index (χ2v) is 5.75. The molecule has 0 saturated carbocycles. The number of carbonyl (C=O) groups is 2. The highest BCUT2D eigenvalue weighted by Crippen LogP contribution is 2.20. The first-order chi connectivity index (χ1) is 9.94. The Hall–Kier alpha value is -1.82. The summed E-state index contributed by atoms with van der Waals surface area (Å²) in [4.78, 5) is 23.3. The van der Waals surface area contributed by atoms with Crippen LogP contribution in [0.15, 0.2) is 22.8 Å². The molecule has 0 aliphatic rings. The molecule has 1 heterocycles. The Balaban J connectivity index is 2.18. The summed E-state index contributed by atoms with van der Waals surface area (Å²) in [6.45, 7) is 5.07. The molecule has 0 bridgehead atoms. The minimum atomic E-state index is -0.323. The van der Waals surface area contributed by atoms with Gasteiger partial charge >= 0.3 is 0 Å². The summed E-state index contributed by atoms with van der Waals surface area (Å²) in [5, 5.41) is 14.3. The maximum atomic E-state index is 11.7. The van der Waals surface area contributed by atoms with E-state index >= 15 is 0 Å². The molecule has 0 aliphatic carbocycles. The zero-order chi connectivity index (χ0) is 15.7. The fourth-order valence-electron chi connectivity index (χ4n) is 1.86. The Morgan fingerprint density at radius 1 is 1.33 bits per heavy atom. The van der Waals surface area contributed by atoms with Gasteiger partial charge in [0.15, 0.2) is 5.76 Å². The second kappa shape index (κ2) is 8.46. The Labute approximate surface area is 124 Å². The van der Waals surface area contributed by atoms with Crippen LogP contribution >= 0.6 is 0 Å². The van der Waals surface area contributed by atoms with Crippen LogP contribution in [0.2, 0.25) is 0 Å². The lowest BCUT2D eigenvalue weighted by atomic mass is 9.88. The third-order valence-electron chi connectivity index (χ3n) is 3.16. The molecule has 0 atom stereocenters. The molecule has 21 heavy (non-hydrogen) atoms. The smallest absolute Gasteiger partial charge is 0.286 e. The predicted octanol–water partition coefficient (Wildman–Crippen LogP) is 1.31. The molecule has 6 heteroatoms. The molecule has 1 aromatic rings. The fraction of sp³-hybridized carbons (Fsp3) is 0.600. The normalized spacial score (nSPS) is 11.2. The number of furan rings is 1. The molecule has 0 radical (unpaired) electrons. The van der Waals surface area contributed by atoms with Crippen LogP contribution in [0.1, 0.15) is 43.7 Å². The third-order valence-corrected chi connectivity index (χ3v) is 3.16. The first-order valence-electron chi connectivity index (χ1n) is 7.14. The lowest BCUT2D eigenvalue weighted by Crippen LogP contribution is -2.36. The van der Waals surface area contributed by atoms with E-state index in [1.54, 1.807) is 12.1 Å². The van der Waals surface area contributed by atoms with Crippen molar-refractivity contribution < 1.29 is 19.1 Å². The number of carbonyl (C=O) groups excluding carboxylic acids is 2. The van der Waals surface area contributed by atoms with Gasteiger partial charge in [0.2, 0.25) is 5.91 Å². The van der Waals surface area contributed by atoms with Crippen LogP contribution in [0.25, 0.3) is 0 Å². The molecule has 0 spiro atoms. The minimum Gasteiger partial charge on any atom is -0.459 e. The number of aliphatic hydroxyl groups is 1. The van der Waals surface area contributed by atoms with Gasteiger partial charge < -0.3 is 20.2 Å². The molecule has 6 nitrogen and oxygen atoms in total. The minimum absolute atomic E-state index is 0.0458. The van der Waals surface area contributed by atoms with E-state index in [9.17, 15) is 9.59 Å². The van der Waals surface area contributed by atoms with Gasteiger partial charge in [-0.2, -0.15) is 0 Å². The maximum absolute atomic E-state index is 11.7. The van der Waals surface area contributed by atoms with Crippen molar-refractivity contribution in [1.29, 1.82) is 0 Å². The van der Waals surface area contributed by atoms with Gasteiger partial charge in [-0.15, -0.1) is 0 Å². The van der Waals surface area contributed by atoms with E-state index in [0.717, 1.165) is 12.8 Å². The van der Waals surface area contributed by atoms with Crippen molar-refractivity contribution >= 4 is 11.8 Å². The largest absolute Gasteiger partial charge is 0.459 e. The molecule has 0 unspecified atom stereocenters. The van der Waals surface area contributed by atoms with Gasteiger partial charge in [0.05, 0.1) is 6.26 Å². The van der Waals surface area contributed by atoms with Crippen LogP contribution in [0.3, 0.4) is 0 Å². The van der Waals surface area contributed by atoms with Crippen LogP contribution in [-0.4, -0.2) is 36.6 Å². The highest BCUT2D eigenvalue weighted by atomic mass is 16.3. The SMILES string of the molecule is CC(C)(CCCO)CNC(=O)CCNC(=O)c1ccco1. The highest BCUT2D eigenvalue weighted by Gasteiger charge is 2.18. The average Bonchev–Trinajstić information content (AvgIpc) is 2.97. The van der Waals surface area contributed by atoms with Gasteiger partial charge in [-0.05, 0) is 30.4 Å². The van der Waals surface area contributed by atoms with Crippen molar-refractivity contribution in [3.8, 4) is 0 Å². The van der Waals surface area contributed by atoms with E-state index in [-0.39, 0.29) is 42.6 Å². The molecule has 3 N–H and O–H groups in total. The Morgan fingerprint density at radius 2 is 2.10 bits per heavy atom.